The van der Waals surface area contributed by atoms with Crippen LogP contribution in [0.4, 0.5) is 4.39 Å². The Hall–Kier alpha value is -1.29. The largest absolute Gasteiger partial charge is 0.495 e. The molecule has 0 fully saturated rings. The van der Waals surface area contributed by atoms with E-state index in [2.05, 4.69) is 0 Å². The second kappa shape index (κ2) is 5.78. The molecule has 1 atom stereocenters. The molecule has 0 amide bonds. The zero-order valence-electron chi connectivity index (χ0n) is 10.2. The molecule has 0 bridgehead atoms. The third-order valence-corrected chi connectivity index (χ3v) is 3.37. The summed E-state index contributed by atoms with van der Waals surface area (Å²) in [4.78, 5) is 0. The summed E-state index contributed by atoms with van der Waals surface area (Å²) in [5.74, 6) is 0.0999. The minimum Gasteiger partial charge on any atom is -0.495 e. The van der Waals surface area contributed by atoms with Crippen LogP contribution in [0.5, 0.6) is 5.75 Å². The summed E-state index contributed by atoms with van der Waals surface area (Å²) in [6, 6.07) is 8.74. The molecule has 2 N–H and O–H groups in total. The van der Waals surface area contributed by atoms with Crippen molar-refractivity contribution in [3.8, 4) is 5.75 Å². The summed E-state index contributed by atoms with van der Waals surface area (Å²) in [7, 11) is 1.51. The van der Waals surface area contributed by atoms with E-state index >= 15 is 0 Å². The van der Waals surface area contributed by atoms with Gasteiger partial charge in [-0.25, -0.2) is 4.39 Å². The van der Waals surface area contributed by atoms with Crippen molar-refractivity contribution in [2.45, 2.75) is 6.04 Å². The molecule has 0 spiro atoms. The lowest BCUT2D eigenvalue weighted by molar-refractivity contribution is 0.414. The van der Waals surface area contributed by atoms with Crippen LogP contribution in [0.25, 0.3) is 0 Å². The number of hydrogen-bond acceptors (Lipinski definition) is 2. The Kier molecular flexibility index (Phi) is 4.30. The summed E-state index contributed by atoms with van der Waals surface area (Å²) in [6.07, 6.45) is 0. The summed E-state index contributed by atoms with van der Waals surface area (Å²) in [6.45, 7) is 0. The highest BCUT2D eigenvalue weighted by Gasteiger charge is 2.15. The summed E-state index contributed by atoms with van der Waals surface area (Å²) < 4.78 is 18.9. The third-order valence-electron chi connectivity index (χ3n) is 2.83. The maximum Gasteiger partial charge on any atom is 0.137 e. The van der Waals surface area contributed by atoms with Crippen molar-refractivity contribution in [3.05, 3.63) is 63.4 Å². The van der Waals surface area contributed by atoms with Gasteiger partial charge in [0.2, 0.25) is 0 Å². The van der Waals surface area contributed by atoms with Crippen molar-refractivity contribution in [2.24, 2.45) is 5.73 Å². The molecule has 2 aromatic rings. The minimum atomic E-state index is -0.634. The van der Waals surface area contributed by atoms with Gasteiger partial charge in [0.05, 0.1) is 18.2 Å². The fraction of sp³-hybridized carbons (Fsp3) is 0.143. The molecule has 2 nitrogen and oxygen atoms in total. The molecule has 0 aromatic heterocycles. The van der Waals surface area contributed by atoms with Crippen LogP contribution in [-0.2, 0) is 0 Å². The Morgan fingerprint density at radius 3 is 2.58 bits per heavy atom. The molecule has 100 valence electrons. The van der Waals surface area contributed by atoms with E-state index in [9.17, 15) is 4.39 Å². The van der Waals surface area contributed by atoms with Crippen molar-refractivity contribution in [1.82, 2.24) is 0 Å². The van der Waals surface area contributed by atoms with Gasteiger partial charge in [0.25, 0.3) is 0 Å². The molecule has 5 heteroatoms. The molecule has 0 radical (unpaired) electrons. The number of hydrogen-bond donors (Lipinski definition) is 1. The van der Waals surface area contributed by atoms with E-state index in [0.29, 0.717) is 26.9 Å². The second-order valence-electron chi connectivity index (χ2n) is 4.04. The van der Waals surface area contributed by atoms with Crippen LogP contribution in [0.3, 0.4) is 0 Å². The lowest BCUT2D eigenvalue weighted by Crippen LogP contribution is -2.13. The van der Waals surface area contributed by atoms with Gasteiger partial charge >= 0.3 is 0 Å². The van der Waals surface area contributed by atoms with E-state index in [1.54, 1.807) is 18.2 Å². The Balaban J connectivity index is 2.43. The fourth-order valence-corrected chi connectivity index (χ4v) is 2.18. The van der Waals surface area contributed by atoms with Crippen molar-refractivity contribution in [2.75, 3.05) is 7.11 Å². The summed E-state index contributed by atoms with van der Waals surface area (Å²) >= 11 is 11.8. The highest BCUT2D eigenvalue weighted by Crippen LogP contribution is 2.31. The Bertz CT molecular complexity index is 604. The number of methoxy groups -OCH3 is 1. The van der Waals surface area contributed by atoms with Gasteiger partial charge in [-0.1, -0.05) is 29.3 Å². The van der Waals surface area contributed by atoms with Gasteiger partial charge < -0.3 is 10.5 Å². The molecule has 1 unspecified atom stereocenters. The molecule has 0 aliphatic heterocycles. The van der Waals surface area contributed by atoms with E-state index < -0.39 is 11.9 Å². The number of halogens is 3. The number of rotatable bonds is 3. The molecule has 0 heterocycles. The second-order valence-corrected chi connectivity index (χ2v) is 4.88. The summed E-state index contributed by atoms with van der Waals surface area (Å²) in [5.41, 5.74) is 7.09. The van der Waals surface area contributed by atoms with Crippen LogP contribution in [0.15, 0.2) is 36.4 Å². The normalized spacial score (nSPS) is 12.3. The van der Waals surface area contributed by atoms with Crippen molar-refractivity contribution in [3.63, 3.8) is 0 Å². The molecule has 2 rings (SSSR count). The molecule has 0 saturated carbocycles. The van der Waals surface area contributed by atoms with Crippen LogP contribution in [0.2, 0.25) is 10.0 Å². The zero-order valence-corrected chi connectivity index (χ0v) is 11.7. The number of ether oxygens (including phenoxy) is 1. The van der Waals surface area contributed by atoms with Gasteiger partial charge in [0, 0.05) is 10.6 Å². The SMILES string of the molecule is COc1cc(C(N)c2cc(Cl)ccc2F)ccc1Cl. The van der Waals surface area contributed by atoms with E-state index in [-0.39, 0.29) is 0 Å². The molecule has 0 aliphatic rings. The molecule has 0 saturated heterocycles. The van der Waals surface area contributed by atoms with Crippen LogP contribution < -0.4 is 10.5 Å². The average molecular weight is 300 g/mol. The molecule has 0 aliphatic carbocycles. The maximum atomic E-state index is 13.8. The van der Waals surface area contributed by atoms with E-state index in [1.165, 1.54) is 25.3 Å². The van der Waals surface area contributed by atoms with Gasteiger partial charge in [-0.3, -0.25) is 0 Å². The lowest BCUT2D eigenvalue weighted by atomic mass is 9.99. The first kappa shape index (κ1) is 14.1. The zero-order chi connectivity index (χ0) is 14.0. The lowest BCUT2D eigenvalue weighted by Gasteiger charge is -2.15. The average Bonchev–Trinajstić information content (AvgIpc) is 2.41. The van der Waals surface area contributed by atoms with Gasteiger partial charge in [0.1, 0.15) is 11.6 Å². The first-order chi connectivity index (χ1) is 9.02. The molecule has 2 aromatic carbocycles. The quantitative estimate of drug-likeness (QED) is 0.922. The predicted molar refractivity (Wildman–Crippen MR) is 75.4 cm³/mol. The minimum absolute atomic E-state index is 0.330. The van der Waals surface area contributed by atoms with Crippen LogP contribution in [-0.4, -0.2) is 7.11 Å². The highest BCUT2D eigenvalue weighted by molar-refractivity contribution is 6.32. The highest BCUT2D eigenvalue weighted by atomic mass is 35.5. The number of nitrogens with two attached hydrogens (primary N) is 1. The van der Waals surface area contributed by atoms with E-state index in [4.69, 9.17) is 33.7 Å². The Morgan fingerprint density at radius 2 is 1.89 bits per heavy atom. The Labute approximate surface area is 120 Å². The van der Waals surface area contributed by atoms with E-state index in [0.717, 1.165) is 0 Å². The van der Waals surface area contributed by atoms with E-state index in [1.807, 2.05) is 0 Å². The summed E-state index contributed by atoms with van der Waals surface area (Å²) in [5, 5.41) is 0.915. The van der Waals surface area contributed by atoms with Gasteiger partial charge in [-0.05, 0) is 35.9 Å². The standard InChI is InChI=1S/C14H12Cl2FNO/c1-19-13-6-8(2-4-11(13)16)14(18)10-7-9(15)3-5-12(10)17/h2-7,14H,18H2,1H3. The monoisotopic (exact) mass is 299 g/mol. The van der Waals surface area contributed by atoms with Crippen LogP contribution in [0.1, 0.15) is 17.2 Å². The van der Waals surface area contributed by atoms with Crippen molar-refractivity contribution >= 4 is 23.2 Å². The smallest absolute Gasteiger partial charge is 0.137 e. The molecule has 19 heavy (non-hydrogen) atoms. The Morgan fingerprint density at radius 1 is 1.16 bits per heavy atom. The van der Waals surface area contributed by atoms with Crippen molar-refractivity contribution < 1.29 is 9.13 Å². The fourth-order valence-electron chi connectivity index (χ4n) is 1.80. The van der Waals surface area contributed by atoms with Gasteiger partial charge in [-0.2, -0.15) is 0 Å². The first-order valence-electron chi connectivity index (χ1n) is 5.57. The van der Waals surface area contributed by atoms with Crippen LogP contribution in [0, 0.1) is 5.82 Å². The van der Waals surface area contributed by atoms with Crippen LogP contribution >= 0.6 is 23.2 Å². The topological polar surface area (TPSA) is 35.2 Å². The predicted octanol–water partition coefficient (Wildman–Crippen LogP) is 4.19. The maximum absolute atomic E-state index is 13.8. The molecular formula is C14H12Cl2FNO. The molecular weight excluding hydrogens is 288 g/mol. The van der Waals surface area contributed by atoms with Crippen molar-refractivity contribution in [1.29, 1.82) is 0 Å². The third kappa shape index (κ3) is 3.00. The first-order valence-corrected chi connectivity index (χ1v) is 6.32. The number of benzene rings is 2. The van der Waals surface area contributed by atoms with Gasteiger partial charge in [-0.15, -0.1) is 0 Å². The van der Waals surface area contributed by atoms with Gasteiger partial charge in [0.15, 0.2) is 0 Å².